The molecule has 2 saturated heterocycles. The van der Waals surface area contributed by atoms with Gasteiger partial charge in [0, 0.05) is 51.5 Å². The molecular weight excluding hydrogens is 507 g/mol. The number of nitrogens with one attached hydrogen (secondary N) is 1. The molecule has 9 nitrogen and oxygen atoms in total. The standard InChI is InChI=1S/C23H32ClFN8.C4H8O/c1-12(2)20(16-7-8-18(25)17(24)9-16)32-10-14(4)33(11-13(32)3)22-19-21(28-23(29-22)30-26)31(6)15(5)27-19;1-2-4-5-3-1/h7-9,12-14,20H,10-11,26H2,1-6H3,(H,28,29,30);1-4H2/t13-,14?,20?;/m1./s1. The molecule has 2 unspecified atom stereocenters. The zero-order valence-electron chi connectivity index (χ0n) is 23.2. The molecule has 0 aliphatic carbocycles. The number of piperazine rings is 1. The summed E-state index contributed by atoms with van der Waals surface area (Å²) in [6.07, 6.45) is 2.56. The molecule has 4 heterocycles. The fraction of sp³-hybridized carbons (Fsp3) is 0.593. The number of halogens is 2. The zero-order chi connectivity index (χ0) is 27.6. The SMILES string of the molecule is C1CCOC1.Cc1nc2c(N3C[C@@H](C)N(C(c4ccc(F)c(Cl)c4)C(C)C)CC3C)nc(NN)nc2n1C. The molecule has 38 heavy (non-hydrogen) atoms. The van der Waals surface area contributed by atoms with Gasteiger partial charge in [-0.2, -0.15) is 9.97 Å². The van der Waals surface area contributed by atoms with E-state index in [9.17, 15) is 4.39 Å². The molecule has 0 radical (unpaired) electrons. The van der Waals surface area contributed by atoms with Gasteiger partial charge in [0.15, 0.2) is 17.0 Å². The van der Waals surface area contributed by atoms with E-state index in [1.807, 2.05) is 24.6 Å². The van der Waals surface area contributed by atoms with Gasteiger partial charge in [0.05, 0.1) is 5.02 Å². The first-order valence-corrected chi connectivity index (χ1v) is 13.7. The number of benzene rings is 1. The van der Waals surface area contributed by atoms with E-state index < -0.39 is 5.82 Å². The smallest absolute Gasteiger partial charge is 0.241 e. The molecule has 3 aromatic rings. The summed E-state index contributed by atoms with van der Waals surface area (Å²) >= 11 is 6.13. The number of aromatic nitrogens is 4. The minimum absolute atomic E-state index is 0.117. The molecule has 0 saturated carbocycles. The van der Waals surface area contributed by atoms with E-state index in [2.05, 4.69) is 47.9 Å². The van der Waals surface area contributed by atoms with Gasteiger partial charge < -0.3 is 14.2 Å². The van der Waals surface area contributed by atoms with Crippen molar-refractivity contribution in [3.63, 3.8) is 0 Å². The van der Waals surface area contributed by atoms with Gasteiger partial charge in [-0.15, -0.1) is 0 Å². The highest BCUT2D eigenvalue weighted by molar-refractivity contribution is 6.30. The van der Waals surface area contributed by atoms with Crippen LogP contribution in [0.1, 0.15) is 58.0 Å². The van der Waals surface area contributed by atoms with Crippen LogP contribution in [0.4, 0.5) is 16.2 Å². The number of nitrogen functional groups attached to an aromatic ring is 1. The predicted octanol–water partition coefficient (Wildman–Crippen LogP) is 4.84. The minimum Gasteiger partial charge on any atom is -0.381 e. The fourth-order valence-corrected chi connectivity index (χ4v) is 5.61. The average molecular weight is 547 g/mol. The molecule has 0 amide bonds. The lowest BCUT2D eigenvalue weighted by atomic mass is 9.91. The number of anilines is 2. The van der Waals surface area contributed by atoms with Gasteiger partial charge in [0.25, 0.3) is 0 Å². The van der Waals surface area contributed by atoms with E-state index in [1.54, 1.807) is 6.07 Å². The maximum Gasteiger partial charge on any atom is 0.241 e. The van der Waals surface area contributed by atoms with Crippen molar-refractivity contribution in [3.8, 4) is 0 Å². The first-order chi connectivity index (χ1) is 18.1. The largest absolute Gasteiger partial charge is 0.381 e. The summed E-state index contributed by atoms with van der Waals surface area (Å²) in [4.78, 5) is 18.7. The quantitative estimate of drug-likeness (QED) is 0.346. The summed E-state index contributed by atoms with van der Waals surface area (Å²) in [6, 6.07) is 5.55. The second-order valence-corrected chi connectivity index (χ2v) is 11.0. The second-order valence-electron chi connectivity index (χ2n) is 10.6. The van der Waals surface area contributed by atoms with Crippen molar-refractivity contribution in [2.24, 2.45) is 18.8 Å². The lowest BCUT2D eigenvalue weighted by Crippen LogP contribution is -2.58. The minimum atomic E-state index is -0.392. The Morgan fingerprint density at radius 2 is 1.82 bits per heavy atom. The first-order valence-electron chi connectivity index (χ1n) is 13.3. The van der Waals surface area contributed by atoms with E-state index in [4.69, 9.17) is 32.1 Å². The topological polar surface area (TPSA) is 97.4 Å². The van der Waals surface area contributed by atoms with Crippen LogP contribution >= 0.6 is 11.6 Å². The predicted molar refractivity (Wildman–Crippen MR) is 151 cm³/mol. The Balaban J connectivity index is 0.000000603. The molecule has 2 aliphatic heterocycles. The van der Waals surface area contributed by atoms with Gasteiger partial charge in [-0.3, -0.25) is 10.3 Å². The Morgan fingerprint density at radius 1 is 1.11 bits per heavy atom. The zero-order valence-corrected chi connectivity index (χ0v) is 24.0. The average Bonchev–Trinajstić information content (AvgIpc) is 3.56. The Labute approximate surface area is 229 Å². The van der Waals surface area contributed by atoms with Crippen LogP contribution in [0.25, 0.3) is 11.2 Å². The van der Waals surface area contributed by atoms with Crippen molar-refractivity contribution in [1.82, 2.24) is 24.4 Å². The molecule has 2 aromatic heterocycles. The molecule has 3 atom stereocenters. The van der Waals surface area contributed by atoms with Crippen molar-refractivity contribution < 1.29 is 9.13 Å². The Bertz CT molecular complexity index is 1240. The van der Waals surface area contributed by atoms with Crippen LogP contribution in [0.2, 0.25) is 5.02 Å². The molecule has 2 fully saturated rings. The lowest BCUT2D eigenvalue weighted by Gasteiger charge is -2.49. The summed E-state index contributed by atoms with van der Waals surface area (Å²) in [5.41, 5.74) is 5.14. The van der Waals surface area contributed by atoms with Crippen molar-refractivity contribution in [3.05, 3.63) is 40.4 Å². The van der Waals surface area contributed by atoms with E-state index in [-0.39, 0.29) is 23.1 Å². The van der Waals surface area contributed by atoms with E-state index in [0.717, 1.165) is 54.7 Å². The number of ether oxygens (including phenoxy) is 1. The van der Waals surface area contributed by atoms with Crippen LogP contribution in [0, 0.1) is 18.7 Å². The fourth-order valence-electron chi connectivity index (χ4n) is 5.42. The highest BCUT2D eigenvalue weighted by atomic mass is 35.5. The normalized spacial score (nSPS) is 21.1. The Hall–Kier alpha value is -2.53. The molecule has 11 heteroatoms. The third kappa shape index (κ3) is 5.88. The van der Waals surface area contributed by atoms with Crippen LogP contribution in [-0.2, 0) is 11.8 Å². The third-order valence-electron chi connectivity index (χ3n) is 7.46. The number of imidazole rings is 1. The Morgan fingerprint density at radius 3 is 2.39 bits per heavy atom. The van der Waals surface area contributed by atoms with Gasteiger partial charge in [-0.1, -0.05) is 31.5 Å². The summed E-state index contributed by atoms with van der Waals surface area (Å²) in [5.74, 6) is 7.61. The molecule has 3 N–H and O–H groups in total. The summed E-state index contributed by atoms with van der Waals surface area (Å²) in [6.45, 7) is 14.3. The van der Waals surface area contributed by atoms with Crippen LogP contribution in [-0.4, -0.2) is 62.8 Å². The van der Waals surface area contributed by atoms with Gasteiger partial charge in [-0.25, -0.2) is 15.2 Å². The summed E-state index contributed by atoms with van der Waals surface area (Å²) in [7, 11) is 1.94. The van der Waals surface area contributed by atoms with Crippen molar-refractivity contribution in [2.75, 3.05) is 36.6 Å². The lowest BCUT2D eigenvalue weighted by molar-refractivity contribution is 0.0821. The first kappa shape index (κ1) is 28.5. The highest BCUT2D eigenvalue weighted by Crippen LogP contribution is 2.37. The molecule has 0 spiro atoms. The summed E-state index contributed by atoms with van der Waals surface area (Å²) < 4.78 is 20.7. The number of rotatable bonds is 5. The number of aryl methyl sites for hydroxylation is 2. The molecule has 5 rings (SSSR count). The van der Waals surface area contributed by atoms with Gasteiger partial charge in [0.2, 0.25) is 5.95 Å². The van der Waals surface area contributed by atoms with Crippen LogP contribution in [0.5, 0.6) is 0 Å². The molecular formula is C27H40ClFN8O. The monoisotopic (exact) mass is 546 g/mol. The number of hydrogen-bond donors (Lipinski definition) is 2. The molecule has 208 valence electrons. The molecule has 0 bridgehead atoms. The Kier molecular flexibility index (Phi) is 9.07. The number of hydrogen-bond acceptors (Lipinski definition) is 8. The van der Waals surface area contributed by atoms with Gasteiger partial charge >= 0.3 is 0 Å². The van der Waals surface area contributed by atoms with Gasteiger partial charge in [0.1, 0.15) is 11.6 Å². The van der Waals surface area contributed by atoms with Crippen LogP contribution in [0.15, 0.2) is 18.2 Å². The maximum absolute atomic E-state index is 13.8. The van der Waals surface area contributed by atoms with Crippen LogP contribution in [0.3, 0.4) is 0 Å². The van der Waals surface area contributed by atoms with E-state index in [0.29, 0.717) is 11.9 Å². The van der Waals surface area contributed by atoms with Crippen molar-refractivity contribution >= 4 is 34.5 Å². The second kappa shape index (κ2) is 12.1. The highest BCUT2D eigenvalue weighted by Gasteiger charge is 2.37. The van der Waals surface area contributed by atoms with Gasteiger partial charge in [-0.05, 0) is 57.2 Å². The van der Waals surface area contributed by atoms with Crippen molar-refractivity contribution in [2.45, 2.75) is 65.6 Å². The molecule has 1 aromatic carbocycles. The number of fused-ring (bicyclic) bond motifs is 1. The third-order valence-corrected chi connectivity index (χ3v) is 7.75. The number of hydrazine groups is 1. The maximum atomic E-state index is 13.8. The van der Waals surface area contributed by atoms with Crippen LogP contribution < -0.4 is 16.2 Å². The van der Waals surface area contributed by atoms with E-state index in [1.165, 1.54) is 18.9 Å². The number of nitrogens with zero attached hydrogens (tertiary/aromatic N) is 6. The van der Waals surface area contributed by atoms with Crippen molar-refractivity contribution in [1.29, 1.82) is 0 Å². The number of nitrogens with two attached hydrogens (primary N) is 1. The van der Waals surface area contributed by atoms with E-state index >= 15 is 0 Å². The molecule has 2 aliphatic rings. The summed E-state index contributed by atoms with van der Waals surface area (Å²) in [5, 5.41) is 0.160.